The predicted octanol–water partition coefficient (Wildman–Crippen LogP) is 2.31. The minimum Gasteiger partial charge on any atom is -0.454 e. The summed E-state index contributed by atoms with van der Waals surface area (Å²) in [4.78, 5) is 2.18. The summed E-state index contributed by atoms with van der Waals surface area (Å²) < 4.78 is 21.7. The molecule has 0 aliphatic carbocycles. The number of methoxy groups -OCH3 is 1. The Kier molecular flexibility index (Phi) is 6.72. The summed E-state index contributed by atoms with van der Waals surface area (Å²) in [6.45, 7) is 4.17. The van der Waals surface area contributed by atoms with Gasteiger partial charge in [0.25, 0.3) is 0 Å². The van der Waals surface area contributed by atoms with Crippen molar-refractivity contribution in [3.05, 3.63) is 23.8 Å². The van der Waals surface area contributed by atoms with Crippen LogP contribution in [0.3, 0.4) is 0 Å². The van der Waals surface area contributed by atoms with Gasteiger partial charge in [0.15, 0.2) is 16.6 Å². The van der Waals surface area contributed by atoms with E-state index in [4.69, 9.17) is 31.2 Å². The summed E-state index contributed by atoms with van der Waals surface area (Å²) in [6.07, 6.45) is 3.38. The fourth-order valence-corrected chi connectivity index (χ4v) is 3.28. The molecule has 25 heavy (non-hydrogen) atoms. The maximum Gasteiger partial charge on any atom is 0.231 e. The molecule has 1 N–H and O–H groups in total. The number of benzene rings is 1. The Hall–Kier alpha value is -1.57. The van der Waals surface area contributed by atoms with E-state index in [1.807, 2.05) is 12.1 Å². The van der Waals surface area contributed by atoms with Gasteiger partial charge in [-0.1, -0.05) is 6.07 Å². The van der Waals surface area contributed by atoms with Crippen LogP contribution >= 0.6 is 12.2 Å². The highest BCUT2D eigenvalue weighted by Crippen LogP contribution is 2.32. The summed E-state index contributed by atoms with van der Waals surface area (Å²) >= 11 is 5.62. The summed E-state index contributed by atoms with van der Waals surface area (Å²) in [5, 5.41) is 4.08. The molecule has 2 aliphatic heterocycles. The number of fused-ring (bicyclic) bond motifs is 1. The number of rotatable bonds is 8. The SMILES string of the molecule is COCCCNC(=S)N(Cc1ccc2c(c1)OCO2)CC1CCCO1. The van der Waals surface area contributed by atoms with Crippen molar-refractivity contribution in [2.75, 3.05) is 40.2 Å². The van der Waals surface area contributed by atoms with Gasteiger partial charge in [-0.05, 0) is 49.2 Å². The lowest BCUT2D eigenvalue weighted by atomic mass is 10.1. The number of hydrogen-bond donors (Lipinski definition) is 1. The minimum absolute atomic E-state index is 0.243. The van der Waals surface area contributed by atoms with Gasteiger partial charge in [0, 0.05) is 40.0 Å². The maximum atomic E-state index is 5.79. The van der Waals surface area contributed by atoms with Crippen molar-refractivity contribution in [3.63, 3.8) is 0 Å². The monoisotopic (exact) mass is 366 g/mol. The molecule has 0 bridgehead atoms. The Morgan fingerprint density at radius 2 is 2.24 bits per heavy atom. The van der Waals surface area contributed by atoms with E-state index in [9.17, 15) is 0 Å². The molecule has 0 aromatic heterocycles. The Morgan fingerprint density at radius 1 is 1.36 bits per heavy atom. The van der Waals surface area contributed by atoms with Crippen LogP contribution in [0.25, 0.3) is 0 Å². The molecule has 1 atom stereocenters. The van der Waals surface area contributed by atoms with Crippen molar-refractivity contribution in [1.82, 2.24) is 10.2 Å². The van der Waals surface area contributed by atoms with Crippen molar-refractivity contribution in [3.8, 4) is 11.5 Å². The summed E-state index contributed by atoms with van der Waals surface area (Å²) in [5.74, 6) is 1.60. The summed E-state index contributed by atoms with van der Waals surface area (Å²) in [6, 6.07) is 6.04. The van der Waals surface area contributed by atoms with Crippen molar-refractivity contribution in [2.45, 2.75) is 31.9 Å². The first kappa shape index (κ1) is 18.2. The van der Waals surface area contributed by atoms with Crippen LogP contribution in [0.4, 0.5) is 0 Å². The number of nitrogens with one attached hydrogen (secondary N) is 1. The fraction of sp³-hybridized carbons (Fsp3) is 0.611. The van der Waals surface area contributed by atoms with Crippen LogP contribution < -0.4 is 14.8 Å². The van der Waals surface area contributed by atoms with Gasteiger partial charge in [0.2, 0.25) is 6.79 Å². The Balaban J connectivity index is 1.61. The van der Waals surface area contributed by atoms with Crippen LogP contribution in [-0.4, -0.2) is 56.3 Å². The van der Waals surface area contributed by atoms with E-state index in [-0.39, 0.29) is 12.9 Å². The summed E-state index contributed by atoms with van der Waals surface area (Å²) in [5.41, 5.74) is 1.14. The highest BCUT2D eigenvalue weighted by Gasteiger charge is 2.22. The molecule has 7 heteroatoms. The smallest absolute Gasteiger partial charge is 0.231 e. The third-order valence-electron chi connectivity index (χ3n) is 4.35. The first-order valence-electron chi connectivity index (χ1n) is 8.78. The Morgan fingerprint density at radius 3 is 3.04 bits per heavy atom. The Bertz CT molecular complexity index is 578. The van der Waals surface area contributed by atoms with Crippen LogP contribution in [0.5, 0.6) is 11.5 Å². The molecular weight excluding hydrogens is 340 g/mol. The zero-order valence-corrected chi connectivity index (χ0v) is 15.5. The van der Waals surface area contributed by atoms with Gasteiger partial charge in [0.1, 0.15) is 0 Å². The van der Waals surface area contributed by atoms with Crippen LogP contribution in [0, 0.1) is 0 Å². The van der Waals surface area contributed by atoms with E-state index in [1.54, 1.807) is 7.11 Å². The molecule has 6 nitrogen and oxygen atoms in total. The van der Waals surface area contributed by atoms with Crippen LogP contribution in [0.15, 0.2) is 18.2 Å². The fourth-order valence-electron chi connectivity index (χ4n) is 3.04. The van der Waals surface area contributed by atoms with Gasteiger partial charge >= 0.3 is 0 Å². The average Bonchev–Trinajstić information content (AvgIpc) is 3.29. The molecule has 1 aromatic carbocycles. The largest absolute Gasteiger partial charge is 0.454 e. The normalized spacial score (nSPS) is 18.4. The first-order valence-corrected chi connectivity index (χ1v) is 9.19. The second-order valence-corrected chi connectivity index (χ2v) is 6.67. The molecule has 1 aromatic rings. The van der Waals surface area contributed by atoms with Gasteiger partial charge in [-0.2, -0.15) is 0 Å². The van der Waals surface area contributed by atoms with E-state index in [1.165, 1.54) is 0 Å². The zero-order chi connectivity index (χ0) is 17.5. The number of hydrogen-bond acceptors (Lipinski definition) is 5. The molecule has 1 saturated heterocycles. The third kappa shape index (κ3) is 5.20. The molecule has 0 saturated carbocycles. The van der Waals surface area contributed by atoms with Crippen LogP contribution in [0.2, 0.25) is 0 Å². The van der Waals surface area contributed by atoms with E-state index in [0.29, 0.717) is 6.54 Å². The molecule has 1 unspecified atom stereocenters. The molecule has 2 heterocycles. The quantitative estimate of drug-likeness (QED) is 0.560. The second-order valence-electron chi connectivity index (χ2n) is 6.28. The van der Waals surface area contributed by atoms with Gasteiger partial charge in [-0.25, -0.2) is 0 Å². The van der Waals surface area contributed by atoms with Gasteiger partial charge in [-0.3, -0.25) is 0 Å². The molecule has 1 fully saturated rings. The lowest BCUT2D eigenvalue weighted by molar-refractivity contribution is 0.0897. The number of thiocarbonyl (C=S) groups is 1. The highest BCUT2D eigenvalue weighted by molar-refractivity contribution is 7.80. The van der Waals surface area contributed by atoms with E-state index >= 15 is 0 Å². The highest BCUT2D eigenvalue weighted by atomic mass is 32.1. The lowest BCUT2D eigenvalue weighted by Crippen LogP contribution is -2.43. The molecule has 2 aliphatic rings. The average molecular weight is 366 g/mol. The summed E-state index contributed by atoms with van der Waals surface area (Å²) in [7, 11) is 1.71. The molecular formula is C18H26N2O4S. The number of ether oxygens (including phenoxy) is 4. The van der Waals surface area contributed by atoms with Crippen LogP contribution in [-0.2, 0) is 16.0 Å². The molecule has 0 spiro atoms. The topological polar surface area (TPSA) is 52.2 Å². The Labute approximate surface area is 154 Å². The van der Waals surface area contributed by atoms with E-state index < -0.39 is 0 Å². The van der Waals surface area contributed by atoms with Gasteiger partial charge < -0.3 is 29.2 Å². The zero-order valence-electron chi connectivity index (χ0n) is 14.7. The maximum absolute atomic E-state index is 5.79. The van der Waals surface area contributed by atoms with Crippen molar-refractivity contribution in [2.24, 2.45) is 0 Å². The number of nitrogens with zero attached hydrogens (tertiary/aromatic N) is 1. The van der Waals surface area contributed by atoms with Crippen molar-refractivity contribution < 1.29 is 18.9 Å². The predicted molar refractivity (Wildman–Crippen MR) is 99.0 cm³/mol. The van der Waals surface area contributed by atoms with Gasteiger partial charge in [-0.15, -0.1) is 0 Å². The molecule has 0 amide bonds. The molecule has 0 radical (unpaired) electrons. The van der Waals surface area contributed by atoms with Crippen LogP contribution in [0.1, 0.15) is 24.8 Å². The second kappa shape index (κ2) is 9.22. The minimum atomic E-state index is 0.243. The molecule has 3 rings (SSSR count). The standard InChI is InChI=1S/C18H26N2O4S/c1-21-8-3-7-19-18(25)20(12-15-4-2-9-22-15)11-14-5-6-16-17(10-14)24-13-23-16/h5-6,10,15H,2-4,7-9,11-13H2,1H3,(H,19,25). The van der Waals surface area contributed by atoms with E-state index in [0.717, 1.165) is 67.7 Å². The molecule has 138 valence electrons. The van der Waals surface area contributed by atoms with E-state index in [2.05, 4.69) is 16.3 Å². The van der Waals surface area contributed by atoms with Crippen molar-refractivity contribution in [1.29, 1.82) is 0 Å². The van der Waals surface area contributed by atoms with Gasteiger partial charge in [0.05, 0.1) is 6.10 Å². The third-order valence-corrected chi connectivity index (χ3v) is 4.75. The van der Waals surface area contributed by atoms with Crippen molar-refractivity contribution >= 4 is 17.3 Å². The lowest BCUT2D eigenvalue weighted by Gasteiger charge is -2.28. The first-order chi connectivity index (χ1) is 12.3.